The van der Waals surface area contributed by atoms with Crippen molar-refractivity contribution in [3.8, 4) is 0 Å². The first-order valence-electron chi connectivity index (χ1n) is 7.47. The Morgan fingerprint density at radius 3 is 2.95 bits per heavy atom. The summed E-state index contributed by atoms with van der Waals surface area (Å²) in [5.41, 5.74) is 1.34. The Kier molecular flexibility index (Phi) is 4.11. The molecule has 3 heteroatoms. The van der Waals surface area contributed by atoms with Crippen molar-refractivity contribution in [2.45, 2.75) is 38.3 Å². The minimum absolute atomic E-state index is 0.458. The number of hydrogen-bond acceptors (Lipinski definition) is 2. The lowest BCUT2D eigenvalue weighted by atomic mass is 10.1. The van der Waals surface area contributed by atoms with E-state index >= 15 is 0 Å². The van der Waals surface area contributed by atoms with E-state index in [0.29, 0.717) is 12.1 Å². The fourth-order valence-corrected chi connectivity index (χ4v) is 3.32. The Balaban J connectivity index is 1.71. The average molecular weight is 279 g/mol. The minimum Gasteiger partial charge on any atom is -0.312 e. The van der Waals surface area contributed by atoms with Crippen LogP contribution >= 0.6 is 11.6 Å². The number of nitrogens with zero attached hydrogens (tertiary/aromatic N) is 1. The smallest absolute Gasteiger partial charge is 0.0409 e. The summed E-state index contributed by atoms with van der Waals surface area (Å²) in [7, 11) is 0. The van der Waals surface area contributed by atoms with E-state index in [9.17, 15) is 0 Å². The van der Waals surface area contributed by atoms with Gasteiger partial charge in [0.2, 0.25) is 0 Å². The van der Waals surface area contributed by atoms with E-state index in [-0.39, 0.29) is 0 Å². The molecule has 2 fully saturated rings. The molecule has 3 rings (SSSR count). The van der Waals surface area contributed by atoms with E-state index in [1.165, 1.54) is 44.5 Å². The molecule has 1 N–H and O–H groups in total. The maximum absolute atomic E-state index is 6.12. The van der Waals surface area contributed by atoms with Crippen molar-refractivity contribution < 1.29 is 0 Å². The van der Waals surface area contributed by atoms with E-state index in [0.717, 1.165) is 10.9 Å². The molecule has 1 aliphatic carbocycles. The van der Waals surface area contributed by atoms with Crippen LogP contribution in [0, 0.1) is 5.92 Å². The maximum Gasteiger partial charge on any atom is 0.0409 e. The van der Waals surface area contributed by atoms with Crippen LogP contribution in [0.4, 0.5) is 0 Å². The highest BCUT2D eigenvalue weighted by Gasteiger charge is 2.34. The van der Waals surface area contributed by atoms with E-state index in [4.69, 9.17) is 11.6 Å². The van der Waals surface area contributed by atoms with E-state index < -0.39 is 0 Å². The van der Waals surface area contributed by atoms with Gasteiger partial charge in [-0.25, -0.2) is 0 Å². The predicted molar refractivity (Wildman–Crippen MR) is 80.6 cm³/mol. The first kappa shape index (κ1) is 13.4. The Morgan fingerprint density at radius 2 is 2.21 bits per heavy atom. The second kappa shape index (κ2) is 5.82. The third-order valence-electron chi connectivity index (χ3n) is 4.53. The van der Waals surface area contributed by atoms with Gasteiger partial charge in [0.05, 0.1) is 0 Å². The van der Waals surface area contributed by atoms with Crippen molar-refractivity contribution in [3.63, 3.8) is 0 Å². The third-order valence-corrected chi connectivity index (χ3v) is 4.76. The van der Waals surface area contributed by atoms with E-state index in [2.05, 4.69) is 35.3 Å². The number of rotatable bonds is 3. The summed E-state index contributed by atoms with van der Waals surface area (Å²) in [6.45, 7) is 5.84. The van der Waals surface area contributed by atoms with Crippen LogP contribution in [0.15, 0.2) is 24.3 Å². The molecule has 1 aliphatic heterocycles. The van der Waals surface area contributed by atoms with Crippen LogP contribution in [0.3, 0.4) is 0 Å². The lowest BCUT2D eigenvalue weighted by molar-refractivity contribution is 0.200. The van der Waals surface area contributed by atoms with Gasteiger partial charge in [-0.15, -0.1) is 0 Å². The molecule has 0 amide bonds. The van der Waals surface area contributed by atoms with Gasteiger partial charge in [-0.3, -0.25) is 4.90 Å². The van der Waals surface area contributed by atoms with Crippen LogP contribution in [0.25, 0.3) is 0 Å². The molecule has 1 saturated carbocycles. The molecule has 19 heavy (non-hydrogen) atoms. The summed E-state index contributed by atoms with van der Waals surface area (Å²) in [5, 5.41) is 4.57. The van der Waals surface area contributed by atoms with Gasteiger partial charge in [-0.2, -0.15) is 0 Å². The zero-order valence-electron chi connectivity index (χ0n) is 11.6. The summed E-state index contributed by atoms with van der Waals surface area (Å²) < 4.78 is 0. The largest absolute Gasteiger partial charge is 0.312 e. The highest BCUT2D eigenvalue weighted by molar-refractivity contribution is 6.30. The van der Waals surface area contributed by atoms with Gasteiger partial charge in [-0.1, -0.05) is 23.7 Å². The zero-order chi connectivity index (χ0) is 13.2. The molecule has 0 aromatic heterocycles. The fourth-order valence-electron chi connectivity index (χ4n) is 3.12. The van der Waals surface area contributed by atoms with Gasteiger partial charge in [0.1, 0.15) is 0 Å². The second-order valence-electron chi connectivity index (χ2n) is 5.98. The van der Waals surface area contributed by atoms with Gasteiger partial charge in [-0.05, 0) is 56.3 Å². The molecule has 0 spiro atoms. The third kappa shape index (κ3) is 3.31. The summed E-state index contributed by atoms with van der Waals surface area (Å²) in [5.74, 6) is 0.923. The Hall–Kier alpha value is -0.570. The van der Waals surface area contributed by atoms with E-state index in [1.54, 1.807) is 0 Å². The number of halogens is 1. The quantitative estimate of drug-likeness (QED) is 0.911. The van der Waals surface area contributed by atoms with Crippen LogP contribution in [0.1, 0.15) is 37.8 Å². The number of nitrogens with one attached hydrogen (secondary N) is 1. The molecule has 1 heterocycles. The first-order chi connectivity index (χ1) is 9.24. The Morgan fingerprint density at radius 1 is 1.37 bits per heavy atom. The molecule has 1 aromatic carbocycles. The summed E-state index contributed by atoms with van der Waals surface area (Å²) in [6.07, 6.45) is 4.07. The molecule has 2 unspecified atom stereocenters. The Labute approximate surface area is 121 Å². The van der Waals surface area contributed by atoms with Crippen LogP contribution in [0.2, 0.25) is 5.02 Å². The highest BCUT2D eigenvalue weighted by atomic mass is 35.5. The summed E-state index contributed by atoms with van der Waals surface area (Å²) in [6, 6.07) is 9.47. The van der Waals surface area contributed by atoms with Crippen LogP contribution in [-0.2, 0) is 0 Å². The number of hydrogen-bond donors (Lipinski definition) is 1. The summed E-state index contributed by atoms with van der Waals surface area (Å²) in [4.78, 5) is 2.62. The second-order valence-corrected chi connectivity index (χ2v) is 6.41. The molecular weight excluding hydrogens is 256 g/mol. The lowest BCUT2D eigenvalue weighted by Gasteiger charge is -2.30. The van der Waals surface area contributed by atoms with Crippen molar-refractivity contribution in [1.82, 2.24) is 10.2 Å². The van der Waals surface area contributed by atoms with Gasteiger partial charge >= 0.3 is 0 Å². The molecule has 104 valence electrons. The van der Waals surface area contributed by atoms with Gasteiger partial charge in [0.25, 0.3) is 0 Å². The molecule has 0 radical (unpaired) electrons. The lowest BCUT2D eigenvalue weighted by Crippen LogP contribution is -2.40. The molecule has 0 bridgehead atoms. The topological polar surface area (TPSA) is 15.3 Å². The van der Waals surface area contributed by atoms with E-state index in [1.807, 2.05) is 6.07 Å². The average Bonchev–Trinajstić information content (AvgIpc) is 3.23. The molecule has 1 saturated heterocycles. The minimum atomic E-state index is 0.458. The predicted octanol–water partition coefficient (Wildman–Crippen LogP) is 3.47. The van der Waals surface area contributed by atoms with Gasteiger partial charge in [0.15, 0.2) is 0 Å². The Bertz CT molecular complexity index is 431. The van der Waals surface area contributed by atoms with Crippen LogP contribution < -0.4 is 5.32 Å². The first-order valence-corrected chi connectivity index (χ1v) is 7.85. The number of benzene rings is 1. The molecule has 2 nitrogen and oxygen atoms in total. The SMILES string of the molecule is CC(c1cccc(Cl)c1)N1CCCNC(C2CC2)C1. The molecule has 2 aliphatic rings. The van der Waals surface area contributed by atoms with Crippen molar-refractivity contribution in [2.75, 3.05) is 19.6 Å². The zero-order valence-corrected chi connectivity index (χ0v) is 12.4. The molecule has 2 atom stereocenters. The van der Waals surface area contributed by atoms with Crippen LogP contribution in [-0.4, -0.2) is 30.6 Å². The van der Waals surface area contributed by atoms with Gasteiger partial charge in [0, 0.05) is 30.2 Å². The standard InChI is InChI=1S/C16H23ClN2/c1-12(14-4-2-5-15(17)10-14)19-9-3-8-18-16(11-19)13-6-7-13/h2,4-5,10,12-13,16,18H,3,6-9,11H2,1H3. The van der Waals surface area contributed by atoms with Crippen molar-refractivity contribution in [2.24, 2.45) is 5.92 Å². The normalized spacial score (nSPS) is 26.9. The monoisotopic (exact) mass is 278 g/mol. The summed E-state index contributed by atoms with van der Waals surface area (Å²) >= 11 is 6.12. The molecular formula is C16H23ClN2. The maximum atomic E-state index is 6.12. The van der Waals surface area contributed by atoms with Crippen molar-refractivity contribution in [3.05, 3.63) is 34.9 Å². The highest BCUT2D eigenvalue weighted by Crippen LogP contribution is 2.35. The van der Waals surface area contributed by atoms with Crippen molar-refractivity contribution in [1.29, 1.82) is 0 Å². The van der Waals surface area contributed by atoms with Crippen molar-refractivity contribution >= 4 is 11.6 Å². The molecule has 1 aromatic rings. The fraction of sp³-hybridized carbons (Fsp3) is 0.625. The van der Waals surface area contributed by atoms with Crippen LogP contribution in [0.5, 0.6) is 0 Å². The van der Waals surface area contributed by atoms with Gasteiger partial charge < -0.3 is 5.32 Å².